The average molecular weight is 404 g/mol. The summed E-state index contributed by atoms with van der Waals surface area (Å²) in [6, 6.07) is 0. The van der Waals surface area contributed by atoms with Crippen LogP contribution in [0.25, 0.3) is 0 Å². The van der Waals surface area contributed by atoms with Gasteiger partial charge in [-0.2, -0.15) is 5.10 Å². The molecule has 2 aliphatic rings. The lowest BCUT2D eigenvalue weighted by molar-refractivity contribution is -0.118. The molecule has 3 aromatic rings. The molecule has 10 nitrogen and oxygen atoms in total. The van der Waals surface area contributed by atoms with Crippen LogP contribution in [-0.2, 0) is 11.3 Å². The molecule has 1 saturated carbocycles. The Balaban J connectivity index is 1.26. The summed E-state index contributed by atoms with van der Waals surface area (Å²) in [5.74, 6) is 0.929. The second kappa shape index (κ2) is 6.97. The number of anilines is 2. The summed E-state index contributed by atoms with van der Waals surface area (Å²) in [5.41, 5.74) is 3.08. The highest BCUT2D eigenvalue weighted by molar-refractivity contribution is 6.03. The van der Waals surface area contributed by atoms with Crippen LogP contribution in [0.15, 0.2) is 31.0 Å². The van der Waals surface area contributed by atoms with Gasteiger partial charge in [0.15, 0.2) is 0 Å². The van der Waals surface area contributed by atoms with Gasteiger partial charge in [-0.15, -0.1) is 0 Å². The summed E-state index contributed by atoms with van der Waals surface area (Å²) in [6.45, 7) is 4.79. The van der Waals surface area contributed by atoms with Crippen LogP contribution in [0.5, 0.6) is 0 Å². The molecule has 2 atom stereocenters. The monoisotopic (exact) mass is 404 g/mol. The van der Waals surface area contributed by atoms with Crippen LogP contribution in [0.1, 0.15) is 33.9 Å². The van der Waals surface area contributed by atoms with Crippen molar-refractivity contribution in [1.29, 1.82) is 0 Å². The Kier molecular flexibility index (Phi) is 4.27. The first-order valence-corrected chi connectivity index (χ1v) is 9.75. The number of rotatable bonds is 5. The molecule has 4 heterocycles. The minimum atomic E-state index is -0.336. The number of amides is 2. The van der Waals surface area contributed by atoms with Gasteiger partial charge in [0.05, 0.1) is 24.1 Å². The first-order chi connectivity index (χ1) is 14.5. The van der Waals surface area contributed by atoms with Crippen LogP contribution in [0, 0.1) is 25.7 Å². The number of carbonyl (C=O) groups is 2. The van der Waals surface area contributed by atoms with Crippen LogP contribution in [-0.4, -0.2) is 48.1 Å². The molecule has 5 rings (SSSR count). The third kappa shape index (κ3) is 3.30. The maximum Gasteiger partial charge on any atom is 0.276 e. The van der Waals surface area contributed by atoms with Gasteiger partial charge in [0.2, 0.25) is 11.9 Å². The van der Waals surface area contributed by atoms with Crippen LogP contribution in [0.2, 0.25) is 0 Å². The maximum absolute atomic E-state index is 12.4. The van der Waals surface area contributed by atoms with Crippen molar-refractivity contribution in [3.63, 3.8) is 0 Å². The molecular formula is C20H20N8O2. The van der Waals surface area contributed by atoms with Gasteiger partial charge in [0.1, 0.15) is 5.69 Å². The number of hydrogen-bond donors (Lipinski definition) is 1. The summed E-state index contributed by atoms with van der Waals surface area (Å²) in [7, 11) is 0. The highest BCUT2D eigenvalue weighted by atomic mass is 16.2. The molecule has 1 aliphatic heterocycles. The zero-order valence-corrected chi connectivity index (χ0v) is 16.6. The number of fused-ring (bicyclic) bond motifs is 1. The number of nitrogens with one attached hydrogen (secondary N) is 1. The smallest absolute Gasteiger partial charge is 0.276 e. The number of carbonyl (C=O) groups excluding carboxylic acids is 2. The lowest BCUT2D eigenvalue weighted by Crippen LogP contribution is -2.30. The Bertz CT molecular complexity index is 1160. The number of hydrogen-bond acceptors (Lipinski definition) is 7. The Morgan fingerprint density at radius 1 is 1.17 bits per heavy atom. The van der Waals surface area contributed by atoms with Crippen molar-refractivity contribution in [2.24, 2.45) is 11.8 Å². The zero-order valence-electron chi connectivity index (χ0n) is 16.6. The molecule has 3 aromatic heterocycles. The van der Waals surface area contributed by atoms with Crippen LogP contribution in [0.3, 0.4) is 0 Å². The fourth-order valence-corrected chi connectivity index (χ4v) is 3.73. The molecule has 152 valence electrons. The summed E-state index contributed by atoms with van der Waals surface area (Å²) >= 11 is 0. The van der Waals surface area contributed by atoms with E-state index in [0.717, 1.165) is 24.2 Å². The quantitative estimate of drug-likeness (QED) is 0.682. The lowest BCUT2D eigenvalue weighted by atomic mass is 10.2. The predicted molar refractivity (Wildman–Crippen MR) is 107 cm³/mol. The van der Waals surface area contributed by atoms with Crippen molar-refractivity contribution in [3.8, 4) is 0 Å². The van der Waals surface area contributed by atoms with Gasteiger partial charge >= 0.3 is 0 Å². The normalized spacial score (nSPS) is 19.7. The van der Waals surface area contributed by atoms with E-state index in [1.54, 1.807) is 41.3 Å². The number of piperidine rings is 1. The first kappa shape index (κ1) is 18.3. The predicted octanol–water partition coefficient (Wildman–Crippen LogP) is 1.36. The van der Waals surface area contributed by atoms with Crippen LogP contribution >= 0.6 is 0 Å². The molecule has 0 unspecified atom stereocenters. The van der Waals surface area contributed by atoms with Gasteiger partial charge in [-0.25, -0.2) is 15.0 Å². The summed E-state index contributed by atoms with van der Waals surface area (Å²) < 4.78 is 1.70. The molecule has 1 saturated heterocycles. The van der Waals surface area contributed by atoms with E-state index >= 15 is 0 Å². The van der Waals surface area contributed by atoms with Crippen molar-refractivity contribution in [2.45, 2.75) is 26.8 Å². The summed E-state index contributed by atoms with van der Waals surface area (Å²) in [5, 5.41) is 7.07. The highest BCUT2D eigenvalue weighted by Gasteiger charge is 2.53. The topological polar surface area (TPSA) is 119 Å². The number of aryl methyl sites for hydroxylation is 2. The molecule has 1 aliphatic carbocycles. The standard InChI is InChI=1S/C20H20N8O2/c1-11-14(6-23-20(25-11)28-9-13-5-16(13)19(28)30)8-27-10-15(7-24-27)26-18(29)17-12(2)21-3-4-22-17/h3-4,6-7,10,13,16H,5,8-9H2,1-2H3,(H,26,29)/t13-,16-/m1/s1. The molecule has 0 aromatic carbocycles. The first-order valence-electron chi connectivity index (χ1n) is 9.75. The van der Waals surface area contributed by atoms with E-state index in [2.05, 4.69) is 30.4 Å². The lowest BCUT2D eigenvalue weighted by Gasteiger charge is -2.17. The third-order valence-corrected chi connectivity index (χ3v) is 5.55. The van der Waals surface area contributed by atoms with Crippen molar-refractivity contribution in [1.82, 2.24) is 29.7 Å². The van der Waals surface area contributed by atoms with Crippen molar-refractivity contribution < 1.29 is 9.59 Å². The van der Waals surface area contributed by atoms with E-state index in [-0.39, 0.29) is 23.4 Å². The molecule has 2 fully saturated rings. The summed E-state index contributed by atoms with van der Waals surface area (Å²) in [4.78, 5) is 43.4. The van der Waals surface area contributed by atoms with E-state index in [0.29, 0.717) is 29.8 Å². The van der Waals surface area contributed by atoms with Crippen LogP contribution < -0.4 is 10.2 Å². The molecular weight excluding hydrogens is 384 g/mol. The minimum Gasteiger partial charge on any atom is -0.318 e. The molecule has 10 heteroatoms. The highest BCUT2D eigenvalue weighted by Crippen LogP contribution is 2.46. The zero-order chi connectivity index (χ0) is 20.8. The fraction of sp³-hybridized carbons (Fsp3) is 0.350. The van der Waals surface area contributed by atoms with E-state index < -0.39 is 0 Å². The second-order valence-corrected chi connectivity index (χ2v) is 7.70. The van der Waals surface area contributed by atoms with Gasteiger partial charge in [-0.05, 0) is 26.2 Å². The SMILES string of the molecule is Cc1nc(N2C[C@H]3C[C@H]3C2=O)ncc1Cn1cc(NC(=O)c2nccnc2C)cn1. The molecule has 0 radical (unpaired) electrons. The van der Waals surface area contributed by atoms with E-state index in [1.165, 1.54) is 6.20 Å². The summed E-state index contributed by atoms with van der Waals surface area (Å²) in [6.07, 6.45) is 9.06. The second-order valence-electron chi connectivity index (χ2n) is 7.70. The van der Waals surface area contributed by atoms with E-state index in [4.69, 9.17) is 0 Å². The minimum absolute atomic E-state index is 0.137. The van der Waals surface area contributed by atoms with Gasteiger partial charge in [-0.1, -0.05) is 0 Å². The van der Waals surface area contributed by atoms with E-state index in [9.17, 15) is 9.59 Å². The van der Waals surface area contributed by atoms with Gasteiger partial charge < -0.3 is 5.32 Å². The Labute approximate surface area is 172 Å². The Hall–Kier alpha value is -3.69. The van der Waals surface area contributed by atoms with Gasteiger partial charge in [0, 0.05) is 48.5 Å². The molecule has 30 heavy (non-hydrogen) atoms. The van der Waals surface area contributed by atoms with Gasteiger partial charge in [-0.3, -0.25) is 24.2 Å². The third-order valence-electron chi connectivity index (χ3n) is 5.55. The van der Waals surface area contributed by atoms with Crippen LogP contribution in [0.4, 0.5) is 11.6 Å². The molecule has 0 spiro atoms. The number of nitrogens with zero attached hydrogens (tertiary/aromatic N) is 7. The average Bonchev–Trinajstić information content (AvgIpc) is 3.25. The van der Waals surface area contributed by atoms with Crippen molar-refractivity contribution >= 4 is 23.5 Å². The van der Waals surface area contributed by atoms with Crippen molar-refractivity contribution in [3.05, 3.63) is 53.6 Å². The van der Waals surface area contributed by atoms with Gasteiger partial charge in [0.25, 0.3) is 5.91 Å². The van der Waals surface area contributed by atoms with Crippen molar-refractivity contribution in [2.75, 3.05) is 16.8 Å². The number of aromatic nitrogens is 6. The molecule has 0 bridgehead atoms. The largest absolute Gasteiger partial charge is 0.318 e. The molecule has 2 amide bonds. The Morgan fingerprint density at radius 3 is 2.73 bits per heavy atom. The molecule has 1 N–H and O–H groups in total. The Morgan fingerprint density at radius 2 is 2.00 bits per heavy atom. The fourth-order valence-electron chi connectivity index (χ4n) is 3.73. The van der Waals surface area contributed by atoms with E-state index in [1.807, 2.05) is 6.92 Å². The maximum atomic E-state index is 12.4.